The molecule has 1 unspecified atom stereocenters. The van der Waals surface area contributed by atoms with Crippen LogP contribution >= 0.6 is 0 Å². The Hall–Kier alpha value is -0.610. The Bertz CT molecular complexity index is 208. The highest BCUT2D eigenvalue weighted by atomic mass is 16.5. The van der Waals surface area contributed by atoms with Crippen molar-refractivity contribution in [2.75, 3.05) is 26.8 Å². The Morgan fingerprint density at radius 3 is 2.81 bits per heavy atom. The van der Waals surface area contributed by atoms with Crippen LogP contribution in [0.5, 0.6) is 0 Å². The van der Waals surface area contributed by atoms with Gasteiger partial charge in [-0.05, 0) is 38.8 Å². The van der Waals surface area contributed by atoms with Crippen LogP contribution in [-0.2, 0) is 9.53 Å². The van der Waals surface area contributed by atoms with Gasteiger partial charge >= 0.3 is 5.97 Å². The van der Waals surface area contributed by atoms with Crippen LogP contribution in [0.15, 0.2) is 0 Å². The molecular weight excluding hydrogens is 206 g/mol. The maximum Gasteiger partial charge on any atom is 0.323 e. The molecule has 0 aromatic heterocycles. The Morgan fingerprint density at radius 1 is 1.38 bits per heavy atom. The number of carbonyl (C=O) groups is 1. The molecule has 1 aliphatic heterocycles. The molecule has 4 nitrogen and oxygen atoms in total. The average Bonchev–Trinajstić information content (AvgIpc) is 2.76. The fraction of sp³-hybridized carbons (Fsp3) is 0.917. The van der Waals surface area contributed by atoms with Crippen LogP contribution in [0.1, 0.15) is 38.5 Å². The number of carbonyl (C=O) groups excluding carboxylic acids is 1. The largest absolute Gasteiger partial charge is 0.468 e. The monoisotopic (exact) mass is 229 g/mol. The molecule has 1 heterocycles. The first-order chi connectivity index (χ1) is 7.79. The highest BCUT2D eigenvalue weighted by molar-refractivity contribution is 5.75. The highest BCUT2D eigenvalue weighted by Gasteiger charge is 2.30. The molecule has 0 aromatic carbocycles. The second-order valence-electron chi connectivity index (χ2n) is 4.35. The number of ether oxygens (including phenoxy) is 1. The summed E-state index contributed by atoms with van der Waals surface area (Å²) in [4.78, 5) is 13.7. The number of nitrogens with zero attached hydrogens (tertiary/aromatic N) is 1. The fourth-order valence-electron chi connectivity index (χ4n) is 2.28. The molecule has 1 rings (SSSR count). The molecule has 94 valence electrons. The SMILES string of the molecule is COC(=O)C1CCCN1CCCCCCO. The Labute approximate surface area is 97.6 Å². The van der Waals surface area contributed by atoms with E-state index in [9.17, 15) is 4.79 Å². The van der Waals surface area contributed by atoms with E-state index in [1.54, 1.807) is 0 Å². The van der Waals surface area contributed by atoms with Crippen molar-refractivity contribution in [3.63, 3.8) is 0 Å². The third kappa shape index (κ3) is 4.10. The summed E-state index contributed by atoms with van der Waals surface area (Å²) in [5.41, 5.74) is 0. The zero-order valence-electron chi connectivity index (χ0n) is 10.2. The van der Waals surface area contributed by atoms with E-state index in [4.69, 9.17) is 9.84 Å². The molecule has 0 saturated carbocycles. The minimum absolute atomic E-state index is 0.0113. The number of methoxy groups -OCH3 is 1. The summed E-state index contributed by atoms with van der Waals surface area (Å²) >= 11 is 0. The summed E-state index contributed by atoms with van der Waals surface area (Å²) in [7, 11) is 1.46. The first kappa shape index (κ1) is 13.5. The molecule has 1 N–H and O–H groups in total. The van der Waals surface area contributed by atoms with Crippen LogP contribution in [0.2, 0.25) is 0 Å². The number of aliphatic hydroxyl groups excluding tert-OH is 1. The second kappa shape index (κ2) is 7.63. The van der Waals surface area contributed by atoms with Crippen molar-refractivity contribution in [2.45, 2.75) is 44.6 Å². The molecule has 1 atom stereocenters. The Kier molecular flexibility index (Phi) is 6.42. The van der Waals surface area contributed by atoms with Crippen LogP contribution in [0.4, 0.5) is 0 Å². The smallest absolute Gasteiger partial charge is 0.323 e. The van der Waals surface area contributed by atoms with E-state index in [2.05, 4.69) is 4.90 Å². The van der Waals surface area contributed by atoms with E-state index >= 15 is 0 Å². The number of aliphatic hydroxyl groups is 1. The molecule has 0 amide bonds. The first-order valence-corrected chi connectivity index (χ1v) is 6.22. The van der Waals surface area contributed by atoms with Crippen molar-refractivity contribution in [1.82, 2.24) is 4.90 Å². The summed E-state index contributed by atoms with van der Waals surface area (Å²) in [6.07, 6.45) is 6.23. The summed E-state index contributed by atoms with van der Waals surface area (Å²) in [5.74, 6) is -0.0899. The molecule has 4 heteroatoms. The van der Waals surface area contributed by atoms with E-state index < -0.39 is 0 Å². The van der Waals surface area contributed by atoms with Crippen molar-refractivity contribution in [3.05, 3.63) is 0 Å². The van der Waals surface area contributed by atoms with Gasteiger partial charge in [0.15, 0.2) is 0 Å². The topological polar surface area (TPSA) is 49.8 Å². The standard InChI is InChI=1S/C12H23NO3/c1-16-12(15)11-7-6-9-13(11)8-4-2-3-5-10-14/h11,14H,2-10H2,1H3. The summed E-state index contributed by atoms with van der Waals surface area (Å²) < 4.78 is 4.80. The predicted octanol–water partition coefficient (Wildman–Crippen LogP) is 1.18. The molecule has 1 fully saturated rings. The van der Waals surface area contributed by atoms with Gasteiger partial charge in [-0.3, -0.25) is 9.69 Å². The lowest BCUT2D eigenvalue weighted by Gasteiger charge is -2.21. The zero-order chi connectivity index (χ0) is 11.8. The minimum atomic E-state index is -0.0899. The lowest BCUT2D eigenvalue weighted by atomic mass is 10.2. The van der Waals surface area contributed by atoms with Crippen LogP contribution in [0.25, 0.3) is 0 Å². The lowest BCUT2D eigenvalue weighted by molar-refractivity contribution is -0.145. The normalized spacial score (nSPS) is 21.2. The third-order valence-corrected chi connectivity index (χ3v) is 3.19. The van der Waals surface area contributed by atoms with Crippen LogP contribution in [-0.4, -0.2) is 48.8 Å². The Morgan fingerprint density at radius 2 is 2.12 bits per heavy atom. The summed E-state index contributed by atoms with van der Waals surface area (Å²) in [6.45, 7) is 2.28. The molecule has 0 aromatic rings. The molecule has 16 heavy (non-hydrogen) atoms. The van der Waals surface area contributed by atoms with Gasteiger partial charge in [-0.1, -0.05) is 12.8 Å². The highest BCUT2D eigenvalue weighted by Crippen LogP contribution is 2.19. The molecule has 0 spiro atoms. The van der Waals surface area contributed by atoms with E-state index in [1.165, 1.54) is 7.11 Å². The number of hydrogen-bond donors (Lipinski definition) is 1. The van der Waals surface area contributed by atoms with Gasteiger partial charge in [-0.15, -0.1) is 0 Å². The van der Waals surface area contributed by atoms with Gasteiger partial charge in [0.2, 0.25) is 0 Å². The van der Waals surface area contributed by atoms with Crippen molar-refractivity contribution >= 4 is 5.97 Å². The minimum Gasteiger partial charge on any atom is -0.468 e. The van der Waals surface area contributed by atoms with Crippen LogP contribution < -0.4 is 0 Å². The zero-order valence-corrected chi connectivity index (χ0v) is 10.2. The molecule has 1 saturated heterocycles. The van der Waals surface area contributed by atoms with Crippen molar-refractivity contribution < 1.29 is 14.6 Å². The van der Waals surface area contributed by atoms with Crippen molar-refractivity contribution in [1.29, 1.82) is 0 Å². The number of unbranched alkanes of at least 4 members (excludes halogenated alkanes) is 3. The Balaban J connectivity index is 2.17. The number of likely N-dealkylation sites (tertiary alicyclic amines) is 1. The molecule has 0 bridgehead atoms. The van der Waals surface area contributed by atoms with Crippen molar-refractivity contribution in [3.8, 4) is 0 Å². The second-order valence-corrected chi connectivity index (χ2v) is 4.35. The summed E-state index contributed by atoms with van der Waals surface area (Å²) in [6, 6.07) is -0.0113. The van der Waals surface area contributed by atoms with E-state index in [1.807, 2.05) is 0 Å². The number of hydrogen-bond acceptors (Lipinski definition) is 4. The average molecular weight is 229 g/mol. The van der Waals surface area contributed by atoms with E-state index in [0.29, 0.717) is 0 Å². The lowest BCUT2D eigenvalue weighted by Crippen LogP contribution is -2.37. The predicted molar refractivity (Wildman–Crippen MR) is 62.2 cm³/mol. The van der Waals surface area contributed by atoms with Gasteiger partial charge in [-0.25, -0.2) is 0 Å². The molecule has 0 aliphatic carbocycles. The molecule has 0 radical (unpaired) electrons. The van der Waals surface area contributed by atoms with E-state index in [0.717, 1.165) is 51.6 Å². The van der Waals surface area contributed by atoms with E-state index in [-0.39, 0.29) is 18.6 Å². The van der Waals surface area contributed by atoms with Crippen LogP contribution in [0.3, 0.4) is 0 Å². The first-order valence-electron chi connectivity index (χ1n) is 6.22. The van der Waals surface area contributed by atoms with Gasteiger partial charge in [-0.2, -0.15) is 0 Å². The maximum atomic E-state index is 11.5. The van der Waals surface area contributed by atoms with Gasteiger partial charge < -0.3 is 9.84 Å². The van der Waals surface area contributed by atoms with Crippen LogP contribution in [0, 0.1) is 0 Å². The summed E-state index contributed by atoms with van der Waals surface area (Å²) in [5, 5.41) is 8.65. The molecular formula is C12H23NO3. The number of rotatable bonds is 7. The van der Waals surface area contributed by atoms with Gasteiger partial charge in [0, 0.05) is 6.61 Å². The number of esters is 1. The van der Waals surface area contributed by atoms with Gasteiger partial charge in [0.05, 0.1) is 7.11 Å². The quantitative estimate of drug-likeness (QED) is 0.526. The van der Waals surface area contributed by atoms with Gasteiger partial charge in [0.1, 0.15) is 6.04 Å². The van der Waals surface area contributed by atoms with Gasteiger partial charge in [0.25, 0.3) is 0 Å². The van der Waals surface area contributed by atoms with Crippen molar-refractivity contribution in [2.24, 2.45) is 0 Å². The fourth-order valence-corrected chi connectivity index (χ4v) is 2.28. The third-order valence-electron chi connectivity index (χ3n) is 3.19. The molecule has 1 aliphatic rings. The maximum absolute atomic E-state index is 11.5.